The number of amides is 2. The Morgan fingerprint density at radius 1 is 1.15 bits per heavy atom. The number of benzene rings is 1. The Balaban J connectivity index is 2.09. The lowest BCUT2D eigenvalue weighted by Crippen LogP contribution is -2.51. The second kappa shape index (κ2) is 6.07. The van der Waals surface area contributed by atoms with E-state index in [1.165, 1.54) is 0 Å². The Hall–Kier alpha value is -1.84. The molecule has 0 aliphatic carbocycles. The highest BCUT2D eigenvalue weighted by atomic mass is 16.2. The topological polar surface area (TPSA) is 49.4 Å². The quantitative estimate of drug-likeness (QED) is 0.800. The molecule has 4 nitrogen and oxygen atoms in total. The molecule has 1 aromatic carbocycles. The van der Waals surface area contributed by atoms with Crippen LogP contribution in [0.3, 0.4) is 0 Å². The van der Waals surface area contributed by atoms with Crippen LogP contribution in [-0.2, 0) is 9.59 Å². The third-order valence-corrected chi connectivity index (χ3v) is 4.02. The van der Waals surface area contributed by atoms with Crippen LogP contribution in [0.1, 0.15) is 38.7 Å². The van der Waals surface area contributed by atoms with Gasteiger partial charge in [0.05, 0.1) is 0 Å². The molecule has 2 amide bonds. The molecule has 108 valence electrons. The lowest BCUT2D eigenvalue weighted by Gasteiger charge is -2.38. The summed E-state index contributed by atoms with van der Waals surface area (Å²) in [5.74, 6) is -0.965. The number of anilines is 1. The highest BCUT2D eigenvalue weighted by molar-refractivity contribution is 6.39. The Labute approximate surface area is 120 Å². The molecule has 1 aliphatic rings. The second-order valence-electron chi connectivity index (χ2n) is 5.61. The van der Waals surface area contributed by atoms with E-state index >= 15 is 0 Å². The zero-order valence-electron chi connectivity index (χ0n) is 12.3. The van der Waals surface area contributed by atoms with Crippen LogP contribution in [-0.4, -0.2) is 28.8 Å². The number of carbonyl (C=O) groups excluding carboxylic acids is 2. The summed E-state index contributed by atoms with van der Waals surface area (Å²) in [6, 6.07) is 7.74. The van der Waals surface area contributed by atoms with Crippen LogP contribution >= 0.6 is 0 Å². The number of hydrogen-bond acceptors (Lipinski definition) is 2. The molecule has 1 N–H and O–H groups in total. The van der Waals surface area contributed by atoms with E-state index in [1.807, 2.05) is 45.0 Å². The van der Waals surface area contributed by atoms with Gasteiger partial charge in [-0.15, -0.1) is 0 Å². The molecule has 1 fully saturated rings. The zero-order valence-corrected chi connectivity index (χ0v) is 12.3. The van der Waals surface area contributed by atoms with E-state index in [2.05, 4.69) is 5.32 Å². The van der Waals surface area contributed by atoms with Crippen molar-refractivity contribution in [2.24, 2.45) is 0 Å². The first-order valence-electron chi connectivity index (χ1n) is 7.20. The summed E-state index contributed by atoms with van der Waals surface area (Å²) in [7, 11) is 0. The van der Waals surface area contributed by atoms with E-state index in [0.29, 0.717) is 5.69 Å². The third kappa shape index (κ3) is 3.00. The van der Waals surface area contributed by atoms with Gasteiger partial charge in [-0.3, -0.25) is 9.59 Å². The molecule has 20 heavy (non-hydrogen) atoms. The highest BCUT2D eigenvalue weighted by Gasteiger charge is 2.32. The van der Waals surface area contributed by atoms with Gasteiger partial charge in [0.2, 0.25) is 0 Å². The molecule has 0 aromatic heterocycles. The molecule has 0 bridgehead atoms. The zero-order chi connectivity index (χ0) is 14.7. The number of likely N-dealkylation sites (tertiary alicyclic amines) is 1. The van der Waals surface area contributed by atoms with E-state index < -0.39 is 11.8 Å². The highest BCUT2D eigenvalue weighted by Crippen LogP contribution is 2.23. The van der Waals surface area contributed by atoms with Crippen molar-refractivity contribution in [1.29, 1.82) is 0 Å². The maximum atomic E-state index is 12.3. The van der Waals surface area contributed by atoms with Crippen LogP contribution in [0, 0.1) is 6.92 Å². The molecule has 0 radical (unpaired) electrons. The van der Waals surface area contributed by atoms with Gasteiger partial charge in [0, 0.05) is 17.8 Å². The number of para-hydroxylation sites is 1. The van der Waals surface area contributed by atoms with Crippen molar-refractivity contribution in [3.05, 3.63) is 29.8 Å². The van der Waals surface area contributed by atoms with Crippen molar-refractivity contribution in [1.82, 2.24) is 4.90 Å². The van der Waals surface area contributed by atoms with Crippen molar-refractivity contribution < 1.29 is 9.59 Å². The van der Waals surface area contributed by atoms with Crippen LogP contribution in [0.25, 0.3) is 0 Å². The Bertz CT molecular complexity index is 503. The first-order chi connectivity index (χ1) is 9.50. The van der Waals surface area contributed by atoms with Crippen LogP contribution < -0.4 is 5.32 Å². The number of piperidine rings is 1. The van der Waals surface area contributed by atoms with Crippen LogP contribution in [0.5, 0.6) is 0 Å². The van der Waals surface area contributed by atoms with Crippen LogP contribution in [0.15, 0.2) is 24.3 Å². The van der Waals surface area contributed by atoms with Gasteiger partial charge in [-0.2, -0.15) is 0 Å². The molecular formula is C16H22N2O2. The molecular weight excluding hydrogens is 252 g/mol. The van der Waals surface area contributed by atoms with Gasteiger partial charge >= 0.3 is 11.8 Å². The standard InChI is InChI=1S/C16H22N2O2/c1-11-7-4-5-10-14(11)17-15(19)16(20)18-12(2)8-6-9-13(18)3/h4-5,7,10,12-13H,6,8-9H2,1-3H3,(H,17,19). The Morgan fingerprint density at radius 2 is 1.75 bits per heavy atom. The minimum atomic E-state index is -0.542. The first kappa shape index (κ1) is 14.6. The molecule has 4 heteroatoms. The average molecular weight is 274 g/mol. The predicted octanol–water partition coefficient (Wildman–Crippen LogP) is 2.72. The minimum Gasteiger partial charge on any atom is -0.329 e. The largest absolute Gasteiger partial charge is 0.329 e. The van der Waals surface area contributed by atoms with Crippen molar-refractivity contribution in [2.75, 3.05) is 5.32 Å². The Kier molecular flexibility index (Phi) is 4.42. The Morgan fingerprint density at radius 3 is 2.35 bits per heavy atom. The fraction of sp³-hybridized carbons (Fsp3) is 0.500. The summed E-state index contributed by atoms with van der Waals surface area (Å²) in [6.07, 6.45) is 3.05. The summed E-state index contributed by atoms with van der Waals surface area (Å²) in [5, 5.41) is 2.72. The summed E-state index contributed by atoms with van der Waals surface area (Å²) < 4.78 is 0. The van der Waals surface area contributed by atoms with Gasteiger partial charge in [0.1, 0.15) is 0 Å². The number of nitrogens with one attached hydrogen (secondary N) is 1. The summed E-state index contributed by atoms with van der Waals surface area (Å²) in [5.41, 5.74) is 1.65. The molecule has 1 saturated heterocycles. The number of hydrogen-bond donors (Lipinski definition) is 1. The third-order valence-electron chi connectivity index (χ3n) is 4.02. The van der Waals surface area contributed by atoms with Crippen molar-refractivity contribution >= 4 is 17.5 Å². The lowest BCUT2D eigenvalue weighted by atomic mass is 9.97. The first-order valence-corrected chi connectivity index (χ1v) is 7.20. The van der Waals surface area contributed by atoms with Crippen LogP contribution in [0.4, 0.5) is 5.69 Å². The average Bonchev–Trinajstić information content (AvgIpc) is 2.41. The fourth-order valence-electron chi connectivity index (χ4n) is 2.83. The number of nitrogens with zero attached hydrogens (tertiary/aromatic N) is 1. The molecule has 2 unspecified atom stereocenters. The van der Waals surface area contributed by atoms with E-state index in [0.717, 1.165) is 24.8 Å². The monoisotopic (exact) mass is 274 g/mol. The lowest BCUT2D eigenvalue weighted by molar-refractivity contribution is -0.147. The maximum absolute atomic E-state index is 12.3. The molecule has 1 aromatic rings. The number of carbonyl (C=O) groups is 2. The molecule has 1 aliphatic heterocycles. The molecule has 0 saturated carbocycles. The minimum absolute atomic E-state index is 0.133. The summed E-state index contributed by atoms with van der Waals surface area (Å²) in [4.78, 5) is 26.2. The van der Waals surface area contributed by atoms with Gasteiger partial charge in [-0.1, -0.05) is 18.2 Å². The van der Waals surface area contributed by atoms with Crippen LogP contribution in [0.2, 0.25) is 0 Å². The van der Waals surface area contributed by atoms with Gasteiger partial charge < -0.3 is 10.2 Å². The SMILES string of the molecule is Cc1ccccc1NC(=O)C(=O)N1C(C)CCCC1C. The summed E-state index contributed by atoms with van der Waals surface area (Å²) >= 11 is 0. The van der Waals surface area contributed by atoms with Gasteiger partial charge in [-0.05, 0) is 51.7 Å². The van der Waals surface area contributed by atoms with Gasteiger partial charge in [-0.25, -0.2) is 0 Å². The predicted molar refractivity (Wildman–Crippen MR) is 79.4 cm³/mol. The van der Waals surface area contributed by atoms with E-state index in [9.17, 15) is 9.59 Å². The summed E-state index contributed by atoms with van der Waals surface area (Å²) in [6.45, 7) is 5.93. The second-order valence-corrected chi connectivity index (χ2v) is 5.61. The van der Waals surface area contributed by atoms with Gasteiger partial charge in [0.25, 0.3) is 0 Å². The van der Waals surface area contributed by atoms with Gasteiger partial charge in [0.15, 0.2) is 0 Å². The molecule has 2 atom stereocenters. The van der Waals surface area contributed by atoms with Crippen molar-refractivity contribution in [3.63, 3.8) is 0 Å². The smallest absolute Gasteiger partial charge is 0.313 e. The molecule has 1 heterocycles. The van der Waals surface area contributed by atoms with E-state index in [1.54, 1.807) is 4.90 Å². The number of aryl methyl sites for hydroxylation is 1. The maximum Gasteiger partial charge on any atom is 0.313 e. The van der Waals surface area contributed by atoms with E-state index in [-0.39, 0.29) is 12.1 Å². The molecule has 2 rings (SSSR count). The van der Waals surface area contributed by atoms with E-state index in [4.69, 9.17) is 0 Å². The number of rotatable bonds is 1. The molecule has 0 spiro atoms. The van der Waals surface area contributed by atoms with Crippen molar-refractivity contribution in [3.8, 4) is 0 Å². The fourth-order valence-corrected chi connectivity index (χ4v) is 2.83. The normalized spacial score (nSPS) is 22.4. The van der Waals surface area contributed by atoms with Crippen molar-refractivity contribution in [2.45, 2.75) is 52.1 Å².